The molecule has 1 aromatic carbocycles. The molecular formula is C14H11NO2. The first kappa shape index (κ1) is 10.0. The lowest BCUT2D eigenvalue weighted by molar-refractivity contribution is -0.109. The second-order valence-corrected chi connectivity index (χ2v) is 4.20. The van der Waals surface area contributed by atoms with E-state index in [1.54, 1.807) is 12.1 Å². The van der Waals surface area contributed by atoms with E-state index in [4.69, 9.17) is 0 Å². The van der Waals surface area contributed by atoms with Gasteiger partial charge in [0, 0.05) is 18.3 Å². The molecule has 1 atom stereocenters. The maximum Gasteiger partial charge on any atom is 0.209 e. The summed E-state index contributed by atoms with van der Waals surface area (Å²) in [5.74, 6) is -0.251. The molecular weight excluding hydrogens is 214 g/mol. The largest absolute Gasteiger partial charge is 0.344 e. The molecule has 0 radical (unpaired) electrons. The van der Waals surface area contributed by atoms with Gasteiger partial charge in [-0.2, -0.15) is 0 Å². The average molecular weight is 225 g/mol. The van der Waals surface area contributed by atoms with Crippen LogP contribution in [0.4, 0.5) is 0 Å². The molecule has 2 aromatic rings. The standard InChI is InChI=1S/C14H11NO2/c16-9-10-8-15-7-3-6-13(15)14(17)12-5-2-1-4-11(10)12/h1-7,9-10H,8H2. The Hall–Kier alpha value is -2.16. The van der Waals surface area contributed by atoms with Crippen LogP contribution in [0.1, 0.15) is 27.5 Å². The van der Waals surface area contributed by atoms with Crippen molar-refractivity contribution in [2.45, 2.75) is 12.5 Å². The zero-order valence-corrected chi connectivity index (χ0v) is 9.17. The van der Waals surface area contributed by atoms with Crippen LogP contribution < -0.4 is 0 Å². The number of rotatable bonds is 1. The van der Waals surface area contributed by atoms with Crippen LogP contribution in [0.15, 0.2) is 42.6 Å². The number of fused-ring (bicyclic) bond motifs is 2. The first-order valence-electron chi connectivity index (χ1n) is 5.55. The Morgan fingerprint density at radius 2 is 2.00 bits per heavy atom. The smallest absolute Gasteiger partial charge is 0.209 e. The van der Waals surface area contributed by atoms with Crippen LogP contribution in [-0.2, 0) is 11.3 Å². The molecule has 0 fully saturated rings. The minimum atomic E-state index is -0.246. The molecule has 17 heavy (non-hydrogen) atoms. The molecule has 1 aliphatic rings. The second-order valence-electron chi connectivity index (χ2n) is 4.20. The minimum Gasteiger partial charge on any atom is -0.344 e. The van der Waals surface area contributed by atoms with Crippen molar-refractivity contribution >= 4 is 12.1 Å². The van der Waals surface area contributed by atoms with Crippen molar-refractivity contribution in [2.24, 2.45) is 0 Å². The normalized spacial score (nSPS) is 18.1. The van der Waals surface area contributed by atoms with Crippen molar-refractivity contribution in [3.63, 3.8) is 0 Å². The average Bonchev–Trinajstić information content (AvgIpc) is 2.79. The Kier molecular flexibility index (Phi) is 2.18. The van der Waals surface area contributed by atoms with Crippen molar-refractivity contribution in [1.82, 2.24) is 4.57 Å². The molecule has 3 heteroatoms. The van der Waals surface area contributed by atoms with E-state index >= 15 is 0 Å². The number of hydrogen-bond acceptors (Lipinski definition) is 2. The van der Waals surface area contributed by atoms with Gasteiger partial charge in [-0.15, -0.1) is 0 Å². The predicted molar refractivity (Wildman–Crippen MR) is 63.1 cm³/mol. The van der Waals surface area contributed by atoms with Gasteiger partial charge in [0.2, 0.25) is 5.78 Å². The number of nitrogens with zero attached hydrogens (tertiary/aromatic N) is 1. The van der Waals surface area contributed by atoms with Crippen LogP contribution in [0.25, 0.3) is 0 Å². The topological polar surface area (TPSA) is 39.1 Å². The highest BCUT2D eigenvalue weighted by atomic mass is 16.1. The van der Waals surface area contributed by atoms with E-state index in [9.17, 15) is 9.59 Å². The van der Waals surface area contributed by atoms with Gasteiger partial charge in [-0.25, -0.2) is 0 Å². The molecule has 0 N–H and O–H groups in total. The van der Waals surface area contributed by atoms with E-state index < -0.39 is 0 Å². The molecule has 0 saturated carbocycles. The van der Waals surface area contributed by atoms with Gasteiger partial charge in [0.25, 0.3) is 0 Å². The SMILES string of the molecule is O=CC1Cn2cccc2C(=O)c2ccccc21. The van der Waals surface area contributed by atoms with Gasteiger partial charge in [-0.3, -0.25) is 4.79 Å². The summed E-state index contributed by atoms with van der Waals surface area (Å²) in [6.07, 6.45) is 2.76. The van der Waals surface area contributed by atoms with Gasteiger partial charge >= 0.3 is 0 Å². The Bertz CT molecular complexity index is 598. The second kappa shape index (κ2) is 3.70. The fraction of sp³-hybridized carbons (Fsp3) is 0.143. The maximum absolute atomic E-state index is 12.3. The van der Waals surface area contributed by atoms with Crippen molar-refractivity contribution in [3.05, 3.63) is 59.4 Å². The number of carbonyl (C=O) groups excluding carboxylic acids is 2. The van der Waals surface area contributed by atoms with Crippen LogP contribution in [0.2, 0.25) is 0 Å². The summed E-state index contributed by atoms with van der Waals surface area (Å²) in [6, 6.07) is 11.0. The van der Waals surface area contributed by atoms with E-state index in [2.05, 4.69) is 0 Å². The van der Waals surface area contributed by atoms with Gasteiger partial charge in [-0.05, 0) is 17.7 Å². The molecule has 3 rings (SSSR count). The summed E-state index contributed by atoms with van der Waals surface area (Å²) in [5.41, 5.74) is 2.13. The summed E-state index contributed by atoms with van der Waals surface area (Å²) in [6.45, 7) is 0.536. The highest BCUT2D eigenvalue weighted by Gasteiger charge is 2.26. The molecule has 1 aliphatic heterocycles. The molecule has 0 saturated heterocycles. The maximum atomic E-state index is 12.3. The van der Waals surface area contributed by atoms with Crippen molar-refractivity contribution in [1.29, 1.82) is 0 Å². The molecule has 3 nitrogen and oxygen atoms in total. The summed E-state index contributed by atoms with van der Waals surface area (Å²) >= 11 is 0. The van der Waals surface area contributed by atoms with E-state index in [0.29, 0.717) is 17.8 Å². The van der Waals surface area contributed by atoms with Crippen LogP contribution in [-0.4, -0.2) is 16.6 Å². The Morgan fingerprint density at radius 3 is 2.82 bits per heavy atom. The summed E-state index contributed by atoms with van der Waals surface area (Å²) in [5, 5.41) is 0. The third-order valence-electron chi connectivity index (χ3n) is 3.22. The van der Waals surface area contributed by atoms with Gasteiger partial charge < -0.3 is 9.36 Å². The first-order chi connectivity index (χ1) is 8.31. The van der Waals surface area contributed by atoms with Crippen LogP contribution in [0.3, 0.4) is 0 Å². The molecule has 0 bridgehead atoms. The number of aromatic nitrogens is 1. The van der Waals surface area contributed by atoms with Gasteiger partial charge in [-0.1, -0.05) is 24.3 Å². The number of benzene rings is 1. The zero-order valence-electron chi connectivity index (χ0n) is 9.17. The minimum absolute atomic E-state index is 0.00468. The van der Waals surface area contributed by atoms with E-state index in [1.165, 1.54) is 0 Å². The summed E-state index contributed by atoms with van der Waals surface area (Å²) in [4.78, 5) is 23.5. The highest BCUT2D eigenvalue weighted by Crippen LogP contribution is 2.27. The highest BCUT2D eigenvalue weighted by molar-refractivity contribution is 6.09. The van der Waals surface area contributed by atoms with Crippen molar-refractivity contribution in [2.75, 3.05) is 0 Å². The number of hydrogen-bond donors (Lipinski definition) is 0. The molecule has 1 aromatic heterocycles. The van der Waals surface area contributed by atoms with Crippen LogP contribution in [0.5, 0.6) is 0 Å². The van der Waals surface area contributed by atoms with Gasteiger partial charge in [0.1, 0.15) is 6.29 Å². The Balaban J connectivity index is 2.27. The number of ketones is 1. The Labute approximate surface area is 98.7 Å². The number of aldehydes is 1. The monoisotopic (exact) mass is 225 g/mol. The molecule has 1 unspecified atom stereocenters. The molecule has 0 spiro atoms. The van der Waals surface area contributed by atoms with Crippen molar-refractivity contribution in [3.8, 4) is 0 Å². The third-order valence-corrected chi connectivity index (χ3v) is 3.22. The van der Waals surface area contributed by atoms with Gasteiger partial charge in [0.05, 0.1) is 11.6 Å². The van der Waals surface area contributed by atoms with E-state index in [0.717, 1.165) is 11.8 Å². The molecule has 2 heterocycles. The third kappa shape index (κ3) is 1.43. The molecule has 0 amide bonds. The summed E-state index contributed by atoms with van der Waals surface area (Å²) < 4.78 is 1.85. The van der Waals surface area contributed by atoms with Crippen LogP contribution in [0, 0.1) is 0 Å². The fourth-order valence-corrected chi connectivity index (χ4v) is 2.37. The predicted octanol–water partition coefficient (Wildman–Crippen LogP) is 2.02. The lowest BCUT2D eigenvalue weighted by Gasteiger charge is -2.10. The fourth-order valence-electron chi connectivity index (χ4n) is 2.37. The summed E-state index contributed by atoms with van der Waals surface area (Å²) in [7, 11) is 0. The molecule has 84 valence electrons. The van der Waals surface area contributed by atoms with Gasteiger partial charge in [0.15, 0.2) is 0 Å². The number of carbonyl (C=O) groups is 2. The molecule has 0 aliphatic carbocycles. The lowest BCUT2D eigenvalue weighted by atomic mass is 9.94. The quantitative estimate of drug-likeness (QED) is 0.696. The van der Waals surface area contributed by atoms with E-state index in [-0.39, 0.29) is 11.7 Å². The van der Waals surface area contributed by atoms with E-state index in [1.807, 2.05) is 35.0 Å². The zero-order chi connectivity index (χ0) is 11.8. The Morgan fingerprint density at radius 1 is 1.18 bits per heavy atom. The lowest BCUT2D eigenvalue weighted by Crippen LogP contribution is -2.09. The van der Waals surface area contributed by atoms with Crippen molar-refractivity contribution < 1.29 is 9.59 Å². The van der Waals surface area contributed by atoms with Crippen LogP contribution >= 0.6 is 0 Å². The first-order valence-corrected chi connectivity index (χ1v) is 5.55.